The van der Waals surface area contributed by atoms with E-state index in [0.717, 1.165) is 11.1 Å². The van der Waals surface area contributed by atoms with E-state index in [1.54, 1.807) is 0 Å². The molecule has 7 heteroatoms. The first-order valence-corrected chi connectivity index (χ1v) is 8.48. The van der Waals surface area contributed by atoms with E-state index in [9.17, 15) is 4.79 Å². The molecule has 2 N–H and O–H groups in total. The molecular weight excluding hydrogens is 322 g/mol. The van der Waals surface area contributed by atoms with Crippen LogP contribution in [0, 0.1) is 20.8 Å². The van der Waals surface area contributed by atoms with Gasteiger partial charge in [0.2, 0.25) is 0 Å². The van der Waals surface area contributed by atoms with Crippen molar-refractivity contribution in [1.29, 1.82) is 0 Å². The monoisotopic (exact) mass is 341 g/mol. The number of aromatic nitrogens is 4. The Balaban J connectivity index is 1.81. The molecule has 24 heavy (non-hydrogen) atoms. The molecule has 124 valence electrons. The van der Waals surface area contributed by atoms with Gasteiger partial charge >= 0.3 is 0 Å². The van der Waals surface area contributed by atoms with E-state index in [4.69, 9.17) is 0 Å². The Morgan fingerprint density at radius 2 is 2.08 bits per heavy atom. The van der Waals surface area contributed by atoms with Crippen LogP contribution in [0.15, 0.2) is 24.5 Å². The van der Waals surface area contributed by atoms with Crippen molar-refractivity contribution < 1.29 is 4.79 Å². The highest BCUT2D eigenvalue weighted by Gasteiger charge is 2.20. The normalized spacial score (nSPS) is 12.2. The topological polar surface area (TPSA) is 83.6 Å². The van der Waals surface area contributed by atoms with Crippen molar-refractivity contribution in [2.75, 3.05) is 0 Å². The summed E-state index contributed by atoms with van der Waals surface area (Å²) in [7, 11) is 0. The van der Waals surface area contributed by atoms with Crippen LogP contribution in [0.5, 0.6) is 0 Å². The number of aryl methyl sites for hydroxylation is 3. The van der Waals surface area contributed by atoms with Gasteiger partial charge in [0.05, 0.1) is 11.7 Å². The third-order valence-electron chi connectivity index (χ3n) is 3.87. The Bertz CT molecular complexity index is 869. The fraction of sp³-hybridized carbons (Fsp3) is 0.294. The molecule has 0 aliphatic rings. The summed E-state index contributed by atoms with van der Waals surface area (Å²) in [6.07, 6.45) is 1.42. The van der Waals surface area contributed by atoms with Crippen molar-refractivity contribution in [3.63, 3.8) is 0 Å². The summed E-state index contributed by atoms with van der Waals surface area (Å²) in [5, 5.41) is 10.3. The van der Waals surface area contributed by atoms with Gasteiger partial charge in [0.15, 0.2) is 10.8 Å². The van der Waals surface area contributed by atoms with Crippen LogP contribution in [-0.2, 0) is 0 Å². The van der Waals surface area contributed by atoms with Crippen LogP contribution in [0.1, 0.15) is 45.0 Å². The zero-order valence-electron chi connectivity index (χ0n) is 14.0. The maximum Gasteiger partial charge on any atom is 0.263 e. The predicted octanol–water partition coefficient (Wildman–Crippen LogP) is 3.34. The van der Waals surface area contributed by atoms with Gasteiger partial charge in [-0.2, -0.15) is 5.10 Å². The molecule has 3 aromatic rings. The lowest BCUT2D eigenvalue weighted by Gasteiger charge is -2.17. The zero-order valence-corrected chi connectivity index (χ0v) is 14.9. The van der Waals surface area contributed by atoms with Gasteiger partial charge in [-0.3, -0.25) is 9.89 Å². The Labute approximate surface area is 144 Å². The first-order valence-electron chi connectivity index (χ1n) is 7.67. The second-order valence-corrected chi connectivity index (χ2v) is 6.82. The van der Waals surface area contributed by atoms with Gasteiger partial charge < -0.3 is 5.32 Å². The summed E-state index contributed by atoms with van der Waals surface area (Å²) >= 11 is 1.31. The number of nitrogens with one attached hydrogen (secondary N) is 2. The average molecular weight is 341 g/mol. The molecule has 0 bridgehead atoms. The average Bonchev–Trinajstić information content (AvgIpc) is 3.18. The number of carbonyl (C=O) groups is 1. The van der Waals surface area contributed by atoms with Gasteiger partial charge in [0.25, 0.3) is 5.91 Å². The molecule has 1 atom stereocenters. The van der Waals surface area contributed by atoms with E-state index in [0.29, 0.717) is 21.4 Å². The Morgan fingerprint density at radius 3 is 2.79 bits per heavy atom. The molecule has 3 rings (SSSR count). The maximum absolute atomic E-state index is 12.6. The number of amides is 1. The van der Waals surface area contributed by atoms with Gasteiger partial charge in [-0.1, -0.05) is 23.8 Å². The number of nitrogens with zero attached hydrogens (tertiary/aromatic N) is 3. The summed E-state index contributed by atoms with van der Waals surface area (Å²) in [6.45, 7) is 7.92. The lowest BCUT2D eigenvalue weighted by atomic mass is 10.00. The van der Waals surface area contributed by atoms with Crippen molar-refractivity contribution in [1.82, 2.24) is 25.5 Å². The minimum atomic E-state index is -0.121. The molecule has 0 spiro atoms. The van der Waals surface area contributed by atoms with Gasteiger partial charge in [0.1, 0.15) is 11.2 Å². The minimum absolute atomic E-state index is 0.0763. The predicted molar refractivity (Wildman–Crippen MR) is 94.0 cm³/mol. The van der Waals surface area contributed by atoms with Crippen LogP contribution in [0.3, 0.4) is 0 Å². The number of aromatic amines is 1. The maximum atomic E-state index is 12.6. The molecule has 6 nitrogen and oxygen atoms in total. The van der Waals surface area contributed by atoms with Crippen molar-refractivity contribution in [3.05, 3.63) is 51.8 Å². The summed E-state index contributed by atoms with van der Waals surface area (Å²) in [4.78, 5) is 21.7. The number of thiazole rings is 1. The smallest absolute Gasteiger partial charge is 0.263 e. The van der Waals surface area contributed by atoms with Gasteiger partial charge in [-0.25, -0.2) is 9.97 Å². The molecule has 0 saturated heterocycles. The van der Waals surface area contributed by atoms with Gasteiger partial charge in [-0.05, 0) is 38.8 Å². The van der Waals surface area contributed by atoms with E-state index in [2.05, 4.69) is 57.5 Å². The second-order valence-electron chi connectivity index (χ2n) is 5.82. The molecule has 0 radical (unpaired) electrons. The molecule has 1 aromatic carbocycles. The number of hydrogen-bond donors (Lipinski definition) is 2. The van der Waals surface area contributed by atoms with E-state index in [-0.39, 0.29) is 11.9 Å². The van der Waals surface area contributed by atoms with Gasteiger partial charge in [-0.15, -0.1) is 11.3 Å². The molecule has 0 fully saturated rings. The van der Waals surface area contributed by atoms with Crippen molar-refractivity contribution in [2.24, 2.45) is 0 Å². The molecule has 0 unspecified atom stereocenters. The lowest BCUT2D eigenvalue weighted by molar-refractivity contribution is 0.0943. The number of hydrogen-bond acceptors (Lipinski definition) is 5. The van der Waals surface area contributed by atoms with Crippen LogP contribution < -0.4 is 5.32 Å². The molecule has 2 heterocycles. The summed E-state index contributed by atoms with van der Waals surface area (Å²) in [5.41, 5.74) is 4.16. The highest BCUT2D eigenvalue weighted by atomic mass is 32.1. The number of H-pyrrole nitrogens is 1. The number of carbonyl (C=O) groups excluding carboxylic acids is 1. The fourth-order valence-corrected chi connectivity index (χ4v) is 3.50. The van der Waals surface area contributed by atoms with E-state index in [1.807, 2.05) is 13.8 Å². The molecule has 1 amide bonds. The van der Waals surface area contributed by atoms with Crippen LogP contribution in [0.25, 0.3) is 10.8 Å². The standard InChI is InChI=1S/C17H19N5OS/c1-9-5-6-10(2)13(7-9)11(3)20-16(23)14-12(4)21-17(24-14)15-18-8-19-22-15/h5-8,11H,1-4H3,(H,20,23)(H,18,19,22)/t11-/m0/s1. The van der Waals surface area contributed by atoms with E-state index < -0.39 is 0 Å². The number of benzene rings is 1. The van der Waals surface area contributed by atoms with Crippen LogP contribution >= 0.6 is 11.3 Å². The Morgan fingerprint density at radius 1 is 1.29 bits per heavy atom. The molecule has 0 saturated carbocycles. The third kappa shape index (κ3) is 3.21. The highest BCUT2D eigenvalue weighted by molar-refractivity contribution is 7.17. The zero-order chi connectivity index (χ0) is 17.3. The van der Waals surface area contributed by atoms with Gasteiger partial charge in [0, 0.05) is 0 Å². The molecular formula is C17H19N5OS. The first-order chi connectivity index (χ1) is 11.5. The summed E-state index contributed by atoms with van der Waals surface area (Å²) in [6, 6.07) is 6.19. The quantitative estimate of drug-likeness (QED) is 0.762. The third-order valence-corrected chi connectivity index (χ3v) is 5.03. The Hall–Kier alpha value is -2.54. The van der Waals surface area contributed by atoms with E-state index >= 15 is 0 Å². The largest absolute Gasteiger partial charge is 0.345 e. The SMILES string of the molecule is Cc1ccc(C)c([C@H](C)NC(=O)c2sc(-c3ncn[nH]3)nc2C)c1. The van der Waals surface area contributed by atoms with Crippen LogP contribution in [0.2, 0.25) is 0 Å². The first kappa shape index (κ1) is 16.3. The van der Waals surface area contributed by atoms with Crippen LogP contribution in [0.4, 0.5) is 0 Å². The highest BCUT2D eigenvalue weighted by Crippen LogP contribution is 2.26. The molecule has 2 aromatic heterocycles. The van der Waals surface area contributed by atoms with Crippen LogP contribution in [-0.4, -0.2) is 26.1 Å². The van der Waals surface area contributed by atoms with Crippen molar-refractivity contribution in [3.8, 4) is 10.8 Å². The summed E-state index contributed by atoms with van der Waals surface area (Å²) < 4.78 is 0. The second kappa shape index (κ2) is 6.52. The van der Waals surface area contributed by atoms with E-state index in [1.165, 1.54) is 23.2 Å². The van der Waals surface area contributed by atoms with Crippen molar-refractivity contribution >= 4 is 17.2 Å². The minimum Gasteiger partial charge on any atom is -0.345 e. The number of rotatable bonds is 4. The lowest BCUT2D eigenvalue weighted by Crippen LogP contribution is -2.27. The Kier molecular flexibility index (Phi) is 4.44. The molecule has 0 aliphatic carbocycles. The molecule has 0 aliphatic heterocycles. The summed E-state index contributed by atoms with van der Waals surface area (Å²) in [5.74, 6) is 0.453. The van der Waals surface area contributed by atoms with Crippen molar-refractivity contribution in [2.45, 2.75) is 33.7 Å². The fourth-order valence-electron chi connectivity index (χ4n) is 2.58.